The van der Waals surface area contributed by atoms with Crippen LogP contribution in [0.5, 0.6) is 5.75 Å². The van der Waals surface area contributed by atoms with E-state index in [-0.39, 0.29) is 6.10 Å². The van der Waals surface area contributed by atoms with Gasteiger partial charge < -0.3 is 14.7 Å². The molecular weight excluding hydrogens is 306 g/mol. The number of aliphatic hydroxyl groups is 1. The number of hydrogen-bond acceptors (Lipinski definition) is 3. The number of benzene rings is 1. The molecule has 19 heavy (non-hydrogen) atoms. The zero-order valence-corrected chi connectivity index (χ0v) is 13.6. The fraction of sp³-hybridized carbons (Fsp3) is 0.600. The molecular formula is C15H24BrNO2. The van der Waals surface area contributed by atoms with E-state index in [1.54, 1.807) is 7.11 Å². The smallest absolute Gasteiger partial charge is 0.122 e. The van der Waals surface area contributed by atoms with Gasteiger partial charge in [-0.15, -0.1) is 0 Å². The van der Waals surface area contributed by atoms with Crippen molar-refractivity contribution in [2.24, 2.45) is 0 Å². The predicted octanol–water partition coefficient (Wildman–Crippen LogP) is 3.09. The third-order valence-electron chi connectivity index (χ3n) is 3.37. The van der Waals surface area contributed by atoms with E-state index in [9.17, 15) is 5.11 Å². The molecule has 1 aromatic rings. The Labute approximate surface area is 124 Å². The summed E-state index contributed by atoms with van der Waals surface area (Å²) in [6.07, 6.45) is 1.09. The summed E-state index contributed by atoms with van der Waals surface area (Å²) in [5.41, 5.74) is 1.05. The van der Waals surface area contributed by atoms with Crippen molar-refractivity contribution in [3.05, 3.63) is 28.2 Å². The van der Waals surface area contributed by atoms with Crippen molar-refractivity contribution in [2.45, 2.75) is 32.8 Å². The van der Waals surface area contributed by atoms with Gasteiger partial charge in [0, 0.05) is 17.4 Å². The van der Waals surface area contributed by atoms with Crippen LogP contribution in [-0.4, -0.2) is 42.9 Å². The van der Waals surface area contributed by atoms with E-state index in [0.717, 1.165) is 41.8 Å². The highest BCUT2D eigenvalue weighted by Gasteiger charge is 2.11. The van der Waals surface area contributed by atoms with Gasteiger partial charge in [0.15, 0.2) is 0 Å². The van der Waals surface area contributed by atoms with Crippen molar-refractivity contribution in [3.63, 3.8) is 0 Å². The zero-order valence-electron chi connectivity index (χ0n) is 12.0. The molecule has 0 aromatic heterocycles. The summed E-state index contributed by atoms with van der Waals surface area (Å²) in [7, 11) is 1.66. The molecule has 1 aromatic carbocycles. The average molecular weight is 330 g/mol. The Balaban J connectivity index is 2.56. The predicted molar refractivity (Wildman–Crippen MR) is 82.8 cm³/mol. The molecule has 1 rings (SSSR count). The summed E-state index contributed by atoms with van der Waals surface area (Å²) < 4.78 is 6.34. The summed E-state index contributed by atoms with van der Waals surface area (Å²) in [5, 5.41) is 10.2. The number of ether oxygens (including phenoxy) is 1. The minimum atomic E-state index is -0.330. The van der Waals surface area contributed by atoms with Crippen LogP contribution in [0.15, 0.2) is 22.7 Å². The van der Waals surface area contributed by atoms with Crippen LogP contribution in [0.1, 0.15) is 25.8 Å². The van der Waals surface area contributed by atoms with Gasteiger partial charge >= 0.3 is 0 Å². The number of hydrogen-bond donors (Lipinski definition) is 1. The highest BCUT2D eigenvalue weighted by atomic mass is 79.9. The molecule has 1 N–H and O–H groups in total. The monoisotopic (exact) mass is 329 g/mol. The fourth-order valence-corrected chi connectivity index (χ4v) is 2.54. The van der Waals surface area contributed by atoms with Crippen molar-refractivity contribution in [2.75, 3.05) is 26.7 Å². The minimum absolute atomic E-state index is 0.330. The Morgan fingerprint density at radius 3 is 2.58 bits per heavy atom. The first kappa shape index (κ1) is 16.5. The Morgan fingerprint density at radius 1 is 1.32 bits per heavy atom. The molecule has 4 heteroatoms. The number of rotatable bonds is 8. The van der Waals surface area contributed by atoms with Crippen LogP contribution in [0.3, 0.4) is 0 Å². The Kier molecular flexibility index (Phi) is 7.42. The summed E-state index contributed by atoms with van der Waals surface area (Å²) >= 11 is 3.45. The second-order valence-corrected chi connectivity index (χ2v) is 5.55. The lowest BCUT2D eigenvalue weighted by molar-refractivity contribution is 0.143. The first-order chi connectivity index (χ1) is 9.10. The number of methoxy groups -OCH3 is 1. The summed E-state index contributed by atoms with van der Waals surface area (Å²) in [6, 6.07) is 5.89. The van der Waals surface area contributed by atoms with Gasteiger partial charge in [-0.3, -0.25) is 0 Å². The molecule has 3 nitrogen and oxygen atoms in total. The highest BCUT2D eigenvalue weighted by Crippen LogP contribution is 2.24. The topological polar surface area (TPSA) is 32.7 Å². The lowest BCUT2D eigenvalue weighted by Crippen LogP contribution is -2.27. The maximum absolute atomic E-state index is 10.2. The second kappa shape index (κ2) is 8.56. The van der Waals surface area contributed by atoms with Crippen molar-refractivity contribution >= 4 is 15.9 Å². The molecule has 0 aliphatic rings. The van der Waals surface area contributed by atoms with Crippen molar-refractivity contribution in [3.8, 4) is 5.75 Å². The van der Waals surface area contributed by atoms with Gasteiger partial charge in [0.1, 0.15) is 5.75 Å². The summed E-state index contributed by atoms with van der Waals surface area (Å²) in [6.45, 7) is 7.29. The van der Waals surface area contributed by atoms with Crippen LogP contribution in [0.4, 0.5) is 0 Å². The number of aliphatic hydroxyl groups excluding tert-OH is 1. The number of nitrogens with zero attached hydrogens (tertiary/aromatic N) is 1. The van der Waals surface area contributed by atoms with Crippen LogP contribution >= 0.6 is 15.9 Å². The van der Waals surface area contributed by atoms with E-state index in [1.165, 1.54) is 0 Å². The molecule has 0 amide bonds. The molecule has 108 valence electrons. The van der Waals surface area contributed by atoms with Crippen LogP contribution < -0.4 is 4.74 Å². The second-order valence-electron chi connectivity index (χ2n) is 4.63. The van der Waals surface area contributed by atoms with Gasteiger partial charge in [0.2, 0.25) is 0 Å². The van der Waals surface area contributed by atoms with E-state index >= 15 is 0 Å². The summed E-state index contributed by atoms with van der Waals surface area (Å²) in [5.74, 6) is 0.838. The molecule has 0 saturated heterocycles. The lowest BCUT2D eigenvalue weighted by atomic mass is 10.0. The highest BCUT2D eigenvalue weighted by molar-refractivity contribution is 9.10. The SMILES string of the molecule is CCN(CC)CCC(O)Cc1cc(Br)ccc1OC. The minimum Gasteiger partial charge on any atom is -0.496 e. The van der Waals surface area contributed by atoms with E-state index in [1.807, 2.05) is 18.2 Å². The molecule has 1 unspecified atom stereocenters. The molecule has 0 radical (unpaired) electrons. The maximum Gasteiger partial charge on any atom is 0.122 e. The quantitative estimate of drug-likeness (QED) is 0.795. The van der Waals surface area contributed by atoms with E-state index < -0.39 is 0 Å². The van der Waals surface area contributed by atoms with E-state index in [0.29, 0.717) is 6.42 Å². The standard InChI is InChI=1S/C15H24BrNO2/c1-4-17(5-2)9-8-14(18)11-12-10-13(16)6-7-15(12)19-3/h6-7,10,14,18H,4-5,8-9,11H2,1-3H3. The third kappa shape index (κ3) is 5.51. The third-order valence-corrected chi connectivity index (χ3v) is 3.86. The lowest BCUT2D eigenvalue weighted by Gasteiger charge is -2.20. The molecule has 0 saturated carbocycles. The molecule has 0 fully saturated rings. The van der Waals surface area contributed by atoms with Gasteiger partial charge in [-0.05, 0) is 43.3 Å². The van der Waals surface area contributed by atoms with Crippen molar-refractivity contribution in [1.29, 1.82) is 0 Å². The summed E-state index contributed by atoms with van der Waals surface area (Å²) in [4.78, 5) is 2.32. The molecule has 0 aliphatic heterocycles. The molecule has 0 aliphatic carbocycles. The molecule has 1 atom stereocenters. The Morgan fingerprint density at radius 2 is 2.00 bits per heavy atom. The zero-order chi connectivity index (χ0) is 14.3. The Bertz CT molecular complexity index is 380. The molecule has 0 spiro atoms. The largest absolute Gasteiger partial charge is 0.496 e. The Hall–Kier alpha value is -0.580. The first-order valence-corrected chi connectivity index (χ1v) is 7.62. The maximum atomic E-state index is 10.2. The molecule has 0 bridgehead atoms. The first-order valence-electron chi connectivity index (χ1n) is 6.83. The molecule has 0 heterocycles. The fourth-order valence-electron chi connectivity index (χ4n) is 2.13. The van der Waals surface area contributed by atoms with Gasteiger partial charge in [-0.1, -0.05) is 29.8 Å². The van der Waals surface area contributed by atoms with Gasteiger partial charge in [-0.2, -0.15) is 0 Å². The van der Waals surface area contributed by atoms with Crippen LogP contribution in [-0.2, 0) is 6.42 Å². The van der Waals surface area contributed by atoms with Gasteiger partial charge in [-0.25, -0.2) is 0 Å². The van der Waals surface area contributed by atoms with Crippen LogP contribution in [0.2, 0.25) is 0 Å². The van der Waals surface area contributed by atoms with E-state index in [4.69, 9.17) is 4.74 Å². The average Bonchev–Trinajstić information content (AvgIpc) is 2.40. The van der Waals surface area contributed by atoms with Crippen LogP contribution in [0.25, 0.3) is 0 Å². The van der Waals surface area contributed by atoms with Gasteiger partial charge in [0.05, 0.1) is 13.2 Å². The van der Waals surface area contributed by atoms with E-state index in [2.05, 4.69) is 34.7 Å². The van der Waals surface area contributed by atoms with Crippen molar-refractivity contribution in [1.82, 2.24) is 4.90 Å². The number of halogens is 1. The van der Waals surface area contributed by atoms with Gasteiger partial charge in [0.25, 0.3) is 0 Å². The normalized spacial score (nSPS) is 12.7. The van der Waals surface area contributed by atoms with Crippen LogP contribution in [0, 0.1) is 0 Å². The van der Waals surface area contributed by atoms with Crippen molar-refractivity contribution < 1.29 is 9.84 Å².